The Kier molecular flexibility index (Phi) is 9.64. The normalized spacial score (nSPS) is 10.5. The highest BCUT2D eigenvalue weighted by Crippen LogP contribution is 2.09. The zero-order chi connectivity index (χ0) is 17.0. The van der Waals surface area contributed by atoms with Crippen molar-refractivity contribution in [2.24, 2.45) is 0 Å². The second-order valence-electron chi connectivity index (χ2n) is 4.53. The van der Waals surface area contributed by atoms with Gasteiger partial charge >= 0.3 is 0 Å². The molecule has 0 aromatic heterocycles. The molecule has 10 heteroatoms. The lowest BCUT2D eigenvalue weighted by Crippen LogP contribution is -1.97. The Morgan fingerprint density at radius 3 is 0.958 bits per heavy atom. The number of hydrogen-bond donors (Lipinski definition) is 2. The molecule has 0 heterocycles. The molecule has 0 saturated carbocycles. The fourth-order valence-electron chi connectivity index (χ4n) is 1.41. The zero-order valence-electron chi connectivity index (χ0n) is 13.9. The summed E-state index contributed by atoms with van der Waals surface area (Å²) < 4.78 is 62.3. The van der Waals surface area contributed by atoms with E-state index in [2.05, 4.69) is 0 Å². The van der Waals surface area contributed by atoms with Crippen LogP contribution in [0.25, 0.3) is 0 Å². The maximum absolute atomic E-state index is 10.4. The Hall–Kier alpha value is -1.82. The number of benzene rings is 2. The number of quaternary nitrogens is 2. The minimum Gasteiger partial charge on any atom is -0.744 e. The number of rotatable bonds is 2. The third-order valence-corrected chi connectivity index (χ3v) is 4.32. The fourth-order valence-corrected chi connectivity index (χ4v) is 2.35. The van der Waals surface area contributed by atoms with Crippen LogP contribution >= 0.6 is 0 Å². The van der Waals surface area contributed by atoms with Crippen LogP contribution in [0.4, 0.5) is 0 Å². The lowest BCUT2D eigenvalue weighted by molar-refractivity contribution is 0.461. The molecule has 0 radical (unpaired) electrons. The summed E-state index contributed by atoms with van der Waals surface area (Å²) in [7, 11) is -8.54. The number of aryl methyl sites for hydroxylation is 2. The molecule has 2 rings (SSSR count). The smallest absolute Gasteiger partial charge is 0.124 e. The molecule has 2 aromatic rings. The van der Waals surface area contributed by atoms with Gasteiger partial charge in [0.05, 0.1) is 9.79 Å². The maximum atomic E-state index is 10.4. The first-order valence-electron chi connectivity index (χ1n) is 6.05. The van der Waals surface area contributed by atoms with Crippen LogP contribution in [0.1, 0.15) is 11.1 Å². The topological polar surface area (TPSA) is 187 Å². The van der Waals surface area contributed by atoms with Gasteiger partial charge in [-0.05, 0) is 38.1 Å². The van der Waals surface area contributed by atoms with Crippen molar-refractivity contribution < 1.29 is 25.9 Å². The van der Waals surface area contributed by atoms with E-state index in [-0.39, 0.29) is 22.1 Å². The fraction of sp³-hybridized carbons (Fsp3) is 0.143. The van der Waals surface area contributed by atoms with E-state index in [1.165, 1.54) is 24.3 Å². The highest BCUT2D eigenvalue weighted by atomic mass is 32.2. The van der Waals surface area contributed by atoms with Gasteiger partial charge < -0.3 is 21.4 Å². The summed E-state index contributed by atoms with van der Waals surface area (Å²) in [5.74, 6) is 0. The molecule has 0 spiro atoms. The predicted molar refractivity (Wildman–Crippen MR) is 90.3 cm³/mol. The van der Waals surface area contributed by atoms with Gasteiger partial charge in [0, 0.05) is 0 Å². The highest BCUT2D eigenvalue weighted by molar-refractivity contribution is 7.86. The van der Waals surface area contributed by atoms with Crippen LogP contribution in [0.3, 0.4) is 0 Å². The van der Waals surface area contributed by atoms with E-state index in [0.29, 0.717) is 0 Å². The minimum atomic E-state index is -4.27. The molecule has 0 fully saturated rings. The average Bonchev–Trinajstić information content (AvgIpc) is 2.38. The molecule has 0 aliphatic rings. The van der Waals surface area contributed by atoms with Crippen LogP contribution in [0, 0.1) is 13.8 Å². The van der Waals surface area contributed by atoms with Gasteiger partial charge in [0.15, 0.2) is 0 Å². The van der Waals surface area contributed by atoms with E-state index in [1.54, 1.807) is 24.3 Å². The Morgan fingerprint density at radius 1 is 0.583 bits per heavy atom. The van der Waals surface area contributed by atoms with Gasteiger partial charge in [0.25, 0.3) is 0 Å². The van der Waals surface area contributed by atoms with Crippen molar-refractivity contribution in [3.05, 3.63) is 59.7 Å². The van der Waals surface area contributed by atoms with Gasteiger partial charge in [-0.1, -0.05) is 35.4 Å². The van der Waals surface area contributed by atoms with Crippen LogP contribution in [0.15, 0.2) is 58.3 Å². The standard InChI is InChI=1S/2C7H8O3S.2H3N/c2*1-6-2-4-7(5-3-6)11(8,9)10;;/h2*2-5H,1H3,(H,8,9,10);2*1H3. The summed E-state index contributed by atoms with van der Waals surface area (Å²) in [6.07, 6.45) is 0. The molecule has 0 amide bonds. The molecule has 0 unspecified atom stereocenters. The van der Waals surface area contributed by atoms with E-state index >= 15 is 0 Å². The first-order valence-corrected chi connectivity index (χ1v) is 8.87. The van der Waals surface area contributed by atoms with Crippen LogP contribution in [0.2, 0.25) is 0 Å². The van der Waals surface area contributed by atoms with E-state index in [9.17, 15) is 25.9 Å². The van der Waals surface area contributed by atoms with Gasteiger partial charge in [-0.25, -0.2) is 16.8 Å². The van der Waals surface area contributed by atoms with Crippen LogP contribution in [0.5, 0.6) is 0 Å². The quantitative estimate of drug-likeness (QED) is 0.755. The summed E-state index contributed by atoms with van der Waals surface area (Å²) in [4.78, 5) is -0.355. The van der Waals surface area contributed by atoms with Crippen molar-refractivity contribution >= 4 is 20.2 Å². The molecule has 0 bridgehead atoms. The average molecular weight is 378 g/mol. The molecule has 2 aromatic carbocycles. The lowest BCUT2D eigenvalue weighted by atomic mass is 10.2. The molecule has 136 valence electrons. The minimum absolute atomic E-state index is 0. The summed E-state index contributed by atoms with van der Waals surface area (Å²) >= 11 is 0. The second kappa shape index (κ2) is 9.47. The first kappa shape index (κ1) is 24.4. The van der Waals surface area contributed by atoms with Crippen LogP contribution in [-0.2, 0) is 20.2 Å². The predicted octanol–water partition coefficient (Wildman–Crippen LogP) is 2.55. The molecular weight excluding hydrogens is 356 g/mol. The van der Waals surface area contributed by atoms with E-state index < -0.39 is 20.2 Å². The molecule has 24 heavy (non-hydrogen) atoms. The van der Waals surface area contributed by atoms with Crippen molar-refractivity contribution in [1.29, 1.82) is 0 Å². The largest absolute Gasteiger partial charge is 0.744 e. The van der Waals surface area contributed by atoms with Gasteiger partial charge in [0.2, 0.25) is 0 Å². The van der Waals surface area contributed by atoms with Crippen molar-refractivity contribution in [3.63, 3.8) is 0 Å². The van der Waals surface area contributed by atoms with Gasteiger partial charge in [-0.2, -0.15) is 0 Å². The summed E-state index contributed by atoms with van der Waals surface area (Å²) in [5.41, 5.74) is 1.86. The number of hydrogen-bond acceptors (Lipinski definition) is 6. The van der Waals surface area contributed by atoms with Gasteiger partial charge in [0.1, 0.15) is 20.2 Å². The lowest BCUT2D eigenvalue weighted by Gasteiger charge is -2.05. The Labute approximate surface area is 142 Å². The van der Waals surface area contributed by atoms with Gasteiger partial charge in [-0.15, -0.1) is 0 Å². The molecule has 0 aliphatic heterocycles. The molecule has 8 nitrogen and oxygen atoms in total. The van der Waals surface area contributed by atoms with E-state index in [4.69, 9.17) is 0 Å². The molecule has 0 atom stereocenters. The molecule has 0 saturated heterocycles. The van der Waals surface area contributed by atoms with E-state index in [1.807, 2.05) is 13.8 Å². The highest BCUT2D eigenvalue weighted by Gasteiger charge is 1.98. The van der Waals surface area contributed by atoms with Crippen LogP contribution < -0.4 is 12.3 Å². The molecular formula is C14H22N2O6S2. The SMILES string of the molecule is Cc1ccc(S(=O)(=O)[O-])cc1.Cc1ccc(S(=O)(=O)[O-])cc1.[NH4+].[NH4+]. The third kappa shape index (κ3) is 8.15. The van der Waals surface area contributed by atoms with Crippen LogP contribution in [-0.4, -0.2) is 25.9 Å². The maximum Gasteiger partial charge on any atom is 0.124 e. The Balaban J connectivity index is 0. The summed E-state index contributed by atoms with van der Waals surface area (Å²) in [5, 5.41) is 0. The van der Waals surface area contributed by atoms with Crippen molar-refractivity contribution in [2.75, 3.05) is 0 Å². The van der Waals surface area contributed by atoms with Crippen molar-refractivity contribution in [3.8, 4) is 0 Å². The van der Waals surface area contributed by atoms with E-state index in [0.717, 1.165) is 11.1 Å². The summed E-state index contributed by atoms with van der Waals surface area (Å²) in [6.45, 7) is 3.64. The molecule has 8 N–H and O–H groups in total. The monoisotopic (exact) mass is 378 g/mol. The van der Waals surface area contributed by atoms with Crippen molar-refractivity contribution in [1.82, 2.24) is 12.3 Å². The zero-order valence-corrected chi connectivity index (χ0v) is 15.5. The first-order chi connectivity index (χ1) is 10.00. The summed E-state index contributed by atoms with van der Waals surface area (Å²) in [6, 6.07) is 11.6. The second-order valence-corrected chi connectivity index (χ2v) is 7.29. The Morgan fingerprint density at radius 2 is 0.792 bits per heavy atom. The van der Waals surface area contributed by atoms with Crippen molar-refractivity contribution in [2.45, 2.75) is 23.6 Å². The Bertz CT molecular complexity index is 756. The molecule has 0 aliphatic carbocycles. The van der Waals surface area contributed by atoms with Gasteiger partial charge in [-0.3, -0.25) is 0 Å². The third-order valence-electron chi connectivity index (χ3n) is 2.62.